The molecule has 0 unspecified atom stereocenters. The maximum absolute atomic E-state index is 14.8. The normalized spacial score (nSPS) is 14.1. The second-order valence-electron chi connectivity index (χ2n) is 9.78. The molecule has 2 N–H and O–H groups in total. The second kappa shape index (κ2) is 10.9. The fourth-order valence-corrected chi connectivity index (χ4v) is 5.15. The van der Waals surface area contributed by atoms with Gasteiger partial charge in [0.05, 0.1) is 10.6 Å². The number of urea groups is 1. The lowest BCUT2D eigenvalue weighted by Gasteiger charge is -2.28. The first-order valence-corrected chi connectivity index (χ1v) is 13.9. The number of rotatable bonds is 5. The van der Waals surface area contributed by atoms with Crippen LogP contribution in [0.2, 0.25) is 0 Å². The van der Waals surface area contributed by atoms with Gasteiger partial charge < -0.3 is 20.1 Å². The molecule has 2 aromatic heterocycles. The number of carbonyl (C=O) groups is 2. The van der Waals surface area contributed by atoms with E-state index in [1.165, 1.54) is 17.3 Å². The van der Waals surface area contributed by atoms with Gasteiger partial charge in [0.15, 0.2) is 0 Å². The van der Waals surface area contributed by atoms with Crippen LogP contribution in [0, 0.1) is 12.7 Å². The third-order valence-corrected chi connectivity index (χ3v) is 7.70. The third kappa shape index (κ3) is 5.75. The monoisotopic (exact) mass is 586 g/mol. The molecule has 0 radical (unpaired) electrons. The average molecular weight is 587 g/mol. The van der Waals surface area contributed by atoms with E-state index in [9.17, 15) is 25.6 Å². The summed E-state index contributed by atoms with van der Waals surface area (Å²) >= 11 is -5.40. The predicted molar refractivity (Wildman–Crippen MR) is 151 cm³/mol. The Hall–Kier alpha value is -4.39. The summed E-state index contributed by atoms with van der Waals surface area (Å²) in [7, 11) is 3.42. The van der Waals surface area contributed by atoms with Crippen LogP contribution in [0.1, 0.15) is 28.0 Å². The van der Waals surface area contributed by atoms with Crippen LogP contribution in [0.15, 0.2) is 59.8 Å². The van der Waals surface area contributed by atoms with E-state index in [4.69, 9.17) is 0 Å². The molecule has 1 aliphatic rings. The first-order valence-electron chi connectivity index (χ1n) is 12.6. The minimum atomic E-state index is -5.40. The Balaban J connectivity index is 1.44. The van der Waals surface area contributed by atoms with Gasteiger partial charge in [0.1, 0.15) is 17.8 Å². The highest BCUT2D eigenvalue weighted by Gasteiger charge is 2.25. The smallest absolute Gasteiger partial charge is 0.319 e. The van der Waals surface area contributed by atoms with Crippen LogP contribution < -0.4 is 5.32 Å². The van der Waals surface area contributed by atoms with Crippen LogP contribution in [0.5, 0.6) is 0 Å². The molecule has 41 heavy (non-hydrogen) atoms. The van der Waals surface area contributed by atoms with E-state index in [1.54, 1.807) is 25.9 Å². The van der Waals surface area contributed by atoms with Crippen LogP contribution >= 0.6 is 11.2 Å². The SMILES string of the molecule is Cc1c(NC(=O)c2ccc(S(F)(F)F)cc2)cc(F)cc1-c1ncnc2[nH]c(C3=CCN(C(=O)N(C)C)CC3)cc12. The average Bonchev–Trinajstić information content (AvgIpc) is 3.39. The van der Waals surface area contributed by atoms with Crippen molar-refractivity contribution in [2.75, 3.05) is 32.5 Å². The van der Waals surface area contributed by atoms with Crippen molar-refractivity contribution in [2.24, 2.45) is 0 Å². The number of carbonyl (C=O) groups excluding carboxylic acids is 2. The van der Waals surface area contributed by atoms with Gasteiger partial charge in [-0.1, -0.05) is 6.08 Å². The number of H-pyrrole nitrogens is 1. The molecule has 2 aromatic carbocycles. The maximum Gasteiger partial charge on any atom is 0.319 e. The number of nitrogens with zero attached hydrogens (tertiary/aromatic N) is 4. The lowest BCUT2D eigenvalue weighted by atomic mass is 10.00. The molecule has 0 saturated carbocycles. The molecule has 0 bridgehead atoms. The van der Waals surface area contributed by atoms with Gasteiger partial charge in [0.25, 0.3) is 5.91 Å². The van der Waals surface area contributed by atoms with E-state index in [0.29, 0.717) is 47.4 Å². The van der Waals surface area contributed by atoms with Crippen molar-refractivity contribution in [3.8, 4) is 11.3 Å². The Labute approximate surface area is 235 Å². The van der Waals surface area contributed by atoms with Gasteiger partial charge in [-0.15, -0.1) is 11.7 Å². The number of fused-ring (bicyclic) bond motifs is 1. The van der Waals surface area contributed by atoms with Crippen molar-refractivity contribution in [3.63, 3.8) is 0 Å². The largest absolute Gasteiger partial charge is 0.339 e. The summed E-state index contributed by atoms with van der Waals surface area (Å²) in [4.78, 5) is 39.6. The van der Waals surface area contributed by atoms with E-state index >= 15 is 0 Å². The number of amides is 3. The molecule has 0 fully saturated rings. The van der Waals surface area contributed by atoms with Crippen molar-refractivity contribution in [1.82, 2.24) is 24.8 Å². The van der Waals surface area contributed by atoms with E-state index in [-0.39, 0.29) is 17.3 Å². The highest BCUT2D eigenvalue weighted by atomic mass is 32.3. The number of hydrogen-bond donors (Lipinski definition) is 2. The minimum absolute atomic E-state index is 0.00826. The van der Waals surface area contributed by atoms with Gasteiger partial charge in [-0.3, -0.25) is 4.79 Å². The highest BCUT2D eigenvalue weighted by Crippen LogP contribution is 2.60. The highest BCUT2D eigenvalue weighted by molar-refractivity contribution is 8.20. The van der Waals surface area contributed by atoms with Gasteiger partial charge >= 0.3 is 6.03 Å². The van der Waals surface area contributed by atoms with Crippen LogP contribution in [0.4, 0.5) is 26.5 Å². The molecule has 0 atom stereocenters. The fourth-order valence-electron chi connectivity index (χ4n) is 4.71. The molecular formula is C28H26F4N6O2S. The Morgan fingerprint density at radius 1 is 1.07 bits per heavy atom. The Morgan fingerprint density at radius 3 is 2.44 bits per heavy atom. The number of nitrogens with one attached hydrogen (secondary N) is 2. The van der Waals surface area contributed by atoms with Crippen LogP contribution in [0.3, 0.4) is 0 Å². The van der Waals surface area contributed by atoms with Crippen molar-refractivity contribution in [1.29, 1.82) is 0 Å². The van der Waals surface area contributed by atoms with Gasteiger partial charge in [0, 0.05) is 55.1 Å². The van der Waals surface area contributed by atoms with Crippen LogP contribution in [0.25, 0.3) is 27.9 Å². The van der Waals surface area contributed by atoms with Crippen LogP contribution in [-0.4, -0.2) is 63.9 Å². The Kier molecular flexibility index (Phi) is 7.47. The molecular weight excluding hydrogens is 560 g/mol. The second-order valence-corrected chi connectivity index (χ2v) is 11.1. The fraction of sp³-hybridized carbons (Fsp3) is 0.214. The summed E-state index contributed by atoms with van der Waals surface area (Å²) in [6.45, 7) is 2.72. The lowest BCUT2D eigenvalue weighted by Crippen LogP contribution is -2.41. The summed E-state index contributed by atoms with van der Waals surface area (Å²) in [6, 6.07) is 8.17. The maximum atomic E-state index is 14.8. The van der Waals surface area contributed by atoms with E-state index in [1.807, 2.05) is 12.1 Å². The molecule has 4 aromatic rings. The number of aromatic amines is 1. The summed E-state index contributed by atoms with van der Waals surface area (Å²) < 4.78 is 53.7. The molecule has 3 amide bonds. The topological polar surface area (TPSA) is 94.2 Å². The standard InChI is InChI=1S/C28H26F4N6O2S/c1-16-21(12-19(29)13-23(16)36-27(39)18-4-6-20(7-5-18)41(30,31)32)25-22-14-24(35-26(22)34-15-33-25)17-8-10-38(11-9-17)28(40)37(2)3/h4-8,12-15H,9-11H2,1-3H3,(H,36,39)(H,33,34,35). The number of halogens is 4. The third-order valence-electron chi connectivity index (χ3n) is 6.89. The van der Waals surface area contributed by atoms with Gasteiger partial charge in [-0.2, -0.15) is 0 Å². The first kappa shape index (κ1) is 28.1. The van der Waals surface area contributed by atoms with Crippen LogP contribution in [-0.2, 0) is 0 Å². The van der Waals surface area contributed by atoms with Gasteiger partial charge in [-0.25, -0.2) is 19.2 Å². The summed E-state index contributed by atoms with van der Waals surface area (Å²) in [5.74, 6) is -1.30. The zero-order chi connectivity index (χ0) is 29.5. The molecule has 3 heterocycles. The van der Waals surface area contributed by atoms with E-state index in [2.05, 4.69) is 20.3 Å². The molecule has 1 aliphatic heterocycles. The predicted octanol–water partition coefficient (Wildman–Crippen LogP) is 6.91. The number of benzene rings is 2. The molecule has 0 aliphatic carbocycles. The first-order chi connectivity index (χ1) is 19.4. The number of aromatic nitrogens is 3. The van der Waals surface area contributed by atoms with Crippen molar-refractivity contribution in [3.05, 3.63) is 77.5 Å². The molecule has 8 nitrogen and oxygen atoms in total. The van der Waals surface area contributed by atoms with Crippen molar-refractivity contribution < 1.29 is 25.6 Å². The zero-order valence-corrected chi connectivity index (χ0v) is 23.2. The lowest BCUT2D eigenvalue weighted by molar-refractivity contribution is 0.102. The van der Waals surface area contributed by atoms with Crippen molar-refractivity contribution in [2.45, 2.75) is 18.2 Å². The van der Waals surface area contributed by atoms with E-state index < -0.39 is 27.8 Å². The molecule has 5 rings (SSSR count). The molecule has 13 heteroatoms. The summed E-state index contributed by atoms with van der Waals surface area (Å²) in [6.07, 6.45) is 3.97. The van der Waals surface area contributed by atoms with E-state index in [0.717, 1.165) is 41.6 Å². The Morgan fingerprint density at radius 2 is 1.80 bits per heavy atom. The number of hydrogen-bond acceptors (Lipinski definition) is 4. The van der Waals surface area contributed by atoms with Gasteiger partial charge in [0.2, 0.25) is 11.2 Å². The quantitative estimate of drug-likeness (QED) is 0.249. The molecule has 0 saturated heterocycles. The molecule has 0 spiro atoms. The zero-order valence-electron chi connectivity index (χ0n) is 22.3. The van der Waals surface area contributed by atoms with Crippen molar-refractivity contribution >= 4 is 45.4 Å². The summed E-state index contributed by atoms with van der Waals surface area (Å²) in [5.41, 5.74) is 3.93. The minimum Gasteiger partial charge on any atom is -0.339 e. The van der Waals surface area contributed by atoms with Gasteiger partial charge in [-0.05, 0) is 66.9 Å². The molecule has 214 valence electrons. The Bertz CT molecular complexity index is 1680. The number of anilines is 1. The summed E-state index contributed by atoms with van der Waals surface area (Å²) in [5, 5.41) is 3.26.